The topological polar surface area (TPSA) is 83.3 Å². The van der Waals surface area contributed by atoms with Crippen LogP contribution in [0.25, 0.3) is 5.69 Å². The molecule has 7 nitrogen and oxygen atoms in total. The number of benzene rings is 1. The zero-order chi connectivity index (χ0) is 20.4. The van der Waals surface area contributed by atoms with E-state index in [9.17, 15) is 9.90 Å². The third-order valence-electron chi connectivity index (χ3n) is 6.43. The molecule has 1 fully saturated rings. The number of aliphatic hydroxyl groups is 1. The number of amides is 1. The number of aromatic nitrogens is 3. The van der Waals surface area contributed by atoms with Crippen LogP contribution in [0.2, 0.25) is 0 Å². The van der Waals surface area contributed by atoms with Crippen molar-refractivity contribution in [3.8, 4) is 5.69 Å². The van der Waals surface area contributed by atoms with E-state index >= 15 is 0 Å². The number of hydrogen-bond donors (Lipinski definition) is 2. The fraction of sp³-hybridized carbons (Fsp3) is 0.591. The van der Waals surface area contributed by atoms with E-state index in [2.05, 4.69) is 33.5 Å². The monoisotopic (exact) mass is 397 g/mol. The van der Waals surface area contributed by atoms with Crippen molar-refractivity contribution in [3.63, 3.8) is 0 Å². The molecule has 0 spiro atoms. The summed E-state index contributed by atoms with van der Waals surface area (Å²) in [6.07, 6.45) is 5.31. The molecule has 4 rings (SSSR count). The van der Waals surface area contributed by atoms with Gasteiger partial charge in [-0.3, -0.25) is 9.69 Å². The Morgan fingerprint density at radius 3 is 2.83 bits per heavy atom. The molecule has 1 amide bonds. The molecular formula is C22H31N5O2. The lowest BCUT2D eigenvalue weighted by Crippen LogP contribution is -2.37. The normalized spacial score (nSPS) is 22.3. The first-order valence-corrected chi connectivity index (χ1v) is 10.7. The van der Waals surface area contributed by atoms with Crippen LogP contribution >= 0.6 is 0 Å². The first-order valence-electron chi connectivity index (χ1n) is 10.7. The molecule has 7 heteroatoms. The number of β-amino-alcohol motifs (C(OH)–C–C–N with tert-alkyl or cyclic N) is 1. The Morgan fingerprint density at radius 1 is 1.28 bits per heavy atom. The molecule has 1 aliphatic heterocycles. The number of aliphatic hydroxyl groups excluding tert-OH is 1. The van der Waals surface area contributed by atoms with Gasteiger partial charge in [-0.15, -0.1) is 5.10 Å². The minimum absolute atomic E-state index is 0.118. The van der Waals surface area contributed by atoms with Crippen LogP contribution in [-0.2, 0) is 13.0 Å². The van der Waals surface area contributed by atoms with E-state index in [0.717, 1.165) is 49.7 Å². The number of rotatable bonds is 5. The van der Waals surface area contributed by atoms with Crippen molar-refractivity contribution in [3.05, 3.63) is 40.7 Å². The molecule has 1 aromatic carbocycles. The number of nitrogens with one attached hydrogen (secondary N) is 1. The Bertz CT molecular complexity index is 870. The lowest BCUT2D eigenvalue weighted by Gasteiger charge is -2.29. The van der Waals surface area contributed by atoms with Gasteiger partial charge in [0.2, 0.25) is 0 Å². The van der Waals surface area contributed by atoms with E-state index in [-0.39, 0.29) is 18.6 Å². The summed E-state index contributed by atoms with van der Waals surface area (Å²) in [6.45, 7) is 6.79. The molecule has 2 aliphatic rings. The Balaban J connectivity index is 1.53. The molecule has 2 aromatic rings. The number of fused-ring (bicyclic) bond motifs is 1. The third kappa shape index (κ3) is 4.21. The highest BCUT2D eigenvalue weighted by Gasteiger charge is 2.25. The second-order valence-electron chi connectivity index (χ2n) is 8.53. The zero-order valence-corrected chi connectivity index (χ0v) is 17.4. The first kappa shape index (κ1) is 20.0. The minimum Gasteiger partial charge on any atom is -0.395 e. The first-order chi connectivity index (χ1) is 14.1. The summed E-state index contributed by atoms with van der Waals surface area (Å²) in [5, 5.41) is 20.9. The number of carbonyl (C=O) groups excluding carboxylic acids is 1. The Morgan fingerprint density at radius 2 is 2.07 bits per heavy atom. The lowest BCUT2D eigenvalue weighted by atomic mass is 9.87. The van der Waals surface area contributed by atoms with Gasteiger partial charge < -0.3 is 10.4 Å². The van der Waals surface area contributed by atoms with Crippen LogP contribution in [0.15, 0.2) is 18.2 Å². The standard InChI is InChI=1S/C22H31N5O2/c1-15-6-8-18(9-7-15)23-22(29)21-16(2)27(25-24-21)20-5-3-4-17-14-26(12-13-28)11-10-19(17)20/h3-5,15,18,28H,6-14H2,1-2H3,(H,23,29). The van der Waals surface area contributed by atoms with E-state index in [1.807, 2.05) is 19.1 Å². The van der Waals surface area contributed by atoms with Gasteiger partial charge in [0.1, 0.15) is 0 Å². The smallest absolute Gasteiger partial charge is 0.273 e. The molecule has 0 radical (unpaired) electrons. The van der Waals surface area contributed by atoms with Gasteiger partial charge in [0.05, 0.1) is 18.0 Å². The van der Waals surface area contributed by atoms with Gasteiger partial charge in [0.25, 0.3) is 5.91 Å². The second-order valence-corrected chi connectivity index (χ2v) is 8.53. The fourth-order valence-corrected chi connectivity index (χ4v) is 4.60. The predicted octanol–water partition coefficient (Wildman–Crippen LogP) is 2.23. The Labute approximate surface area is 172 Å². The van der Waals surface area contributed by atoms with Crippen LogP contribution in [0, 0.1) is 12.8 Å². The second kappa shape index (κ2) is 8.63. The summed E-state index contributed by atoms with van der Waals surface area (Å²) >= 11 is 0. The van der Waals surface area contributed by atoms with Crippen LogP contribution in [0.3, 0.4) is 0 Å². The van der Waals surface area contributed by atoms with Crippen LogP contribution in [0.1, 0.15) is 59.9 Å². The minimum atomic E-state index is -0.118. The molecule has 29 heavy (non-hydrogen) atoms. The average Bonchev–Trinajstić information content (AvgIpc) is 3.10. The number of carbonyl (C=O) groups is 1. The number of nitrogens with zero attached hydrogens (tertiary/aromatic N) is 4. The predicted molar refractivity (Wildman–Crippen MR) is 111 cm³/mol. The summed E-state index contributed by atoms with van der Waals surface area (Å²) in [6, 6.07) is 6.45. The van der Waals surface area contributed by atoms with E-state index in [1.54, 1.807) is 4.68 Å². The van der Waals surface area contributed by atoms with Gasteiger partial charge >= 0.3 is 0 Å². The molecule has 0 saturated heterocycles. The van der Waals surface area contributed by atoms with Gasteiger partial charge in [-0.05, 0) is 62.1 Å². The van der Waals surface area contributed by atoms with Gasteiger partial charge in [-0.25, -0.2) is 4.68 Å². The van der Waals surface area contributed by atoms with Crippen molar-refractivity contribution < 1.29 is 9.90 Å². The Kier molecular flexibility index (Phi) is 5.96. The van der Waals surface area contributed by atoms with Crippen molar-refractivity contribution in [2.45, 2.75) is 58.5 Å². The maximum absolute atomic E-state index is 12.8. The SMILES string of the molecule is Cc1c(C(=O)NC2CCC(C)CC2)nnn1-c1cccc2c1CCN(CCO)C2. The summed E-state index contributed by atoms with van der Waals surface area (Å²) in [5.41, 5.74) is 4.70. The van der Waals surface area contributed by atoms with Crippen LogP contribution in [0.4, 0.5) is 0 Å². The average molecular weight is 398 g/mol. The highest BCUT2D eigenvalue weighted by atomic mass is 16.3. The maximum atomic E-state index is 12.8. The third-order valence-corrected chi connectivity index (χ3v) is 6.43. The molecule has 0 bridgehead atoms. The van der Waals surface area contributed by atoms with Crippen molar-refractivity contribution >= 4 is 5.91 Å². The molecule has 1 aromatic heterocycles. The highest BCUT2D eigenvalue weighted by molar-refractivity contribution is 5.93. The number of hydrogen-bond acceptors (Lipinski definition) is 5. The molecule has 0 atom stereocenters. The Hall–Kier alpha value is -2.25. The quantitative estimate of drug-likeness (QED) is 0.808. The van der Waals surface area contributed by atoms with E-state index in [0.29, 0.717) is 12.2 Å². The van der Waals surface area contributed by atoms with Crippen LogP contribution in [0.5, 0.6) is 0 Å². The zero-order valence-electron chi connectivity index (χ0n) is 17.4. The van der Waals surface area contributed by atoms with Crippen molar-refractivity contribution in [1.29, 1.82) is 0 Å². The van der Waals surface area contributed by atoms with Crippen LogP contribution in [-0.4, -0.2) is 56.6 Å². The van der Waals surface area contributed by atoms with E-state index in [1.165, 1.54) is 24.0 Å². The fourth-order valence-electron chi connectivity index (χ4n) is 4.60. The molecule has 2 N–H and O–H groups in total. The van der Waals surface area contributed by atoms with Gasteiger partial charge in [-0.1, -0.05) is 24.3 Å². The molecule has 2 heterocycles. The largest absolute Gasteiger partial charge is 0.395 e. The molecular weight excluding hydrogens is 366 g/mol. The molecule has 0 unspecified atom stereocenters. The van der Waals surface area contributed by atoms with Crippen molar-refractivity contribution in [2.75, 3.05) is 19.7 Å². The van der Waals surface area contributed by atoms with E-state index in [4.69, 9.17) is 0 Å². The molecule has 1 aliphatic carbocycles. The summed E-state index contributed by atoms with van der Waals surface area (Å²) in [7, 11) is 0. The lowest BCUT2D eigenvalue weighted by molar-refractivity contribution is 0.0917. The van der Waals surface area contributed by atoms with Gasteiger partial charge in [-0.2, -0.15) is 0 Å². The van der Waals surface area contributed by atoms with Crippen molar-refractivity contribution in [1.82, 2.24) is 25.2 Å². The van der Waals surface area contributed by atoms with E-state index < -0.39 is 0 Å². The summed E-state index contributed by atoms with van der Waals surface area (Å²) in [5.74, 6) is 0.635. The van der Waals surface area contributed by atoms with Crippen molar-refractivity contribution in [2.24, 2.45) is 5.92 Å². The van der Waals surface area contributed by atoms with Gasteiger partial charge in [0, 0.05) is 25.7 Å². The molecule has 156 valence electrons. The summed E-state index contributed by atoms with van der Waals surface area (Å²) < 4.78 is 1.80. The molecule has 1 saturated carbocycles. The van der Waals surface area contributed by atoms with Gasteiger partial charge in [0.15, 0.2) is 5.69 Å². The summed E-state index contributed by atoms with van der Waals surface area (Å²) in [4.78, 5) is 15.1. The van der Waals surface area contributed by atoms with Crippen LogP contribution < -0.4 is 5.32 Å². The highest BCUT2D eigenvalue weighted by Crippen LogP contribution is 2.27. The maximum Gasteiger partial charge on any atom is 0.273 e.